The van der Waals surface area contributed by atoms with Gasteiger partial charge in [0.15, 0.2) is 5.75 Å². The third kappa shape index (κ3) is 5.30. The molecule has 196 valence electrons. The van der Waals surface area contributed by atoms with E-state index in [4.69, 9.17) is 27.9 Å². The summed E-state index contributed by atoms with van der Waals surface area (Å²) in [7, 11) is -3.33. The van der Waals surface area contributed by atoms with Gasteiger partial charge >= 0.3 is 0 Å². The highest BCUT2D eigenvalue weighted by molar-refractivity contribution is 7.86. The van der Waals surface area contributed by atoms with E-state index in [-0.39, 0.29) is 32.7 Å². The number of carbonyl (C=O) groups excluding carboxylic acids is 1. The predicted molar refractivity (Wildman–Crippen MR) is 146 cm³/mol. The van der Waals surface area contributed by atoms with E-state index in [1.165, 1.54) is 19.2 Å². The Kier molecular flexibility index (Phi) is 7.89. The Morgan fingerprint density at radius 1 is 1.00 bits per heavy atom. The first-order valence-electron chi connectivity index (χ1n) is 11.2. The molecule has 0 atom stereocenters. The number of phenolic OH excluding ortho intramolecular Hbond substituents is 1. The van der Waals surface area contributed by atoms with E-state index in [1.807, 2.05) is 0 Å². The summed E-state index contributed by atoms with van der Waals surface area (Å²) in [5.41, 5.74) is 0.233. The molecular weight excluding hydrogens is 553 g/mol. The molecule has 0 saturated carbocycles. The van der Waals surface area contributed by atoms with Crippen molar-refractivity contribution in [2.24, 2.45) is 10.2 Å². The molecule has 9 nitrogen and oxygen atoms in total. The van der Waals surface area contributed by atoms with Crippen molar-refractivity contribution >= 4 is 67.1 Å². The number of azo groups is 1. The maximum Gasteiger partial charge on any atom is 0.298 e. The minimum atomic E-state index is -4.76. The number of rotatable bonds is 7. The fourth-order valence-electron chi connectivity index (χ4n) is 3.90. The average molecular weight is 574 g/mol. The van der Waals surface area contributed by atoms with Crippen molar-refractivity contribution in [1.29, 1.82) is 0 Å². The Morgan fingerprint density at radius 2 is 1.71 bits per heavy atom. The van der Waals surface area contributed by atoms with E-state index in [0.717, 1.165) is 0 Å². The van der Waals surface area contributed by atoms with Gasteiger partial charge in [-0.05, 0) is 41.6 Å². The third-order valence-electron chi connectivity index (χ3n) is 5.73. The van der Waals surface area contributed by atoms with Crippen LogP contribution >= 0.6 is 23.2 Å². The lowest BCUT2D eigenvalue weighted by molar-refractivity contribution is 0.102. The van der Waals surface area contributed by atoms with Crippen LogP contribution in [0.2, 0.25) is 10.0 Å². The quantitative estimate of drug-likeness (QED) is 0.156. The SMILES string of the molecule is CCc1ccc(Cl)c(S(=O)(=O)O)c1N=Nc1c(O)c(C(=O)Nc2c(Cl)cccc2OC)cc2ccccc12. The van der Waals surface area contributed by atoms with E-state index in [1.54, 1.807) is 55.5 Å². The number of fused-ring (bicyclic) bond motifs is 1. The highest BCUT2D eigenvalue weighted by Crippen LogP contribution is 2.42. The van der Waals surface area contributed by atoms with Crippen LogP contribution in [-0.2, 0) is 16.5 Å². The molecule has 0 aliphatic rings. The second-order valence-corrected chi connectivity index (χ2v) is 10.2. The number of nitrogens with zero attached hydrogens (tertiary/aromatic N) is 2. The fourth-order valence-corrected chi connectivity index (χ4v) is 5.28. The number of carbonyl (C=O) groups is 1. The van der Waals surface area contributed by atoms with Crippen molar-refractivity contribution in [1.82, 2.24) is 0 Å². The third-order valence-corrected chi connectivity index (χ3v) is 7.40. The van der Waals surface area contributed by atoms with Crippen LogP contribution < -0.4 is 10.1 Å². The molecule has 0 saturated heterocycles. The number of methoxy groups -OCH3 is 1. The summed E-state index contributed by atoms with van der Waals surface area (Å²) in [6.45, 7) is 1.76. The lowest BCUT2D eigenvalue weighted by Crippen LogP contribution is -2.13. The maximum absolute atomic E-state index is 13.3. The molecule has 38 heavy (non-hydrogen) atoms. The molecule has 4 rings (SSSR count). The predicted octanol–water partition coefficient (Wildman–Crippen LogP) is 7.34. The number of para-hydroxylation sites is 1. The zero-order valence-corrected chi connectivity index (χ0v) is 22.4. The minimum absolute atomic E-state index is 0.0947. The van der Waals surface area contributed by atoms with Crippen molar-refractivity contribution < 1.29 is 27.6 Å². The van der Waals surface area contributed by atoms with Crippen LogP contribution in [0.5, 0.6) is 11.5 Å². The fraction of sp³-hybridized carbons (Fsp3) is 0.115. The Labute approximate surface area is 228 Å². The van der Waals surface area contributed by atoms with Crippen LogP contribution in [0.15, 0.2) is 75.8 Å². The molecule has 0 spiro atoms. The standard InChI is InChI=1S/C26H21Cl2N3O6S/c1-3-14-11-12-19(28)25(38(34,35)36)21(14)30-31-22-16-8-5-4-7-15(16)13-17(24(22)32)26(33)29-23-18(27)9-6-10-20(23)37-2/h4-13,32H,3H2,1-2H3,(H,29,33)(H,34,35,36). The number of ether oxygens (including phenoxy) is 1. The number of hydrogen-bond acceptors (Lipinski definition) is 7. The summed E-state index contributed by atoms with van der Waals surface area (Å²) >= 11 is 12.3. The Bertz CT molecular complexity index is 1710. The van der Waals surface area contributed by atoms with Crippen molar-refractivity contribution in [2.45, 2.75) is 18.2 Å². The van der Waals surface area contributed by atoms with E-state index in [2.05, 4.69) is 15.5 Å². The number of phenols is 1. The Balaban J connectivity index is 1.89. The molecule has 0 aliphatic heterocycles. The summed E-state index contributed by atoms with van der Waals surface area (Å²) in [6, 6.07) is 16.0. The van der Waals surface area contributed by atoms with Crippen LogP contribution in [0, 0.1) is 0 Å². The highest BCUT2D eigenvalue weighted by atomic mass is 35.5. The van der Waals surface area contributed by atoms with Gasteiger partial charge in [-0.2, -0.15) is 8.42 Å². The first-order chi connectivity index (χ1) is 18.1. The van der Waals surface area contributed by atoms with Crippen LogP contribution in [0.3, 0.4) is 0 Å². The number of aryl methyl sites for hydroxylation is 1. The number of benzene rings is 4. The smallest absolute Gasteiger partial charge is 0.298 e. The van der Waals surface area contributed by atoms with Gasteiger partial charge in [0.2, 0.25) is 0 Å². The zero-order valence-electron chi connectivity index (χ0n) is 20.1. The van der Waals surface area contributed by atoms with Gasteiger partial charge in [-0.1, -0.05) is 66.5 Å². The van der Waals surface area contributed by atoms with E-state index < -0.39 is 26.7 Å². The monoisotopic (exact) mass is 573 g/mol. The molecule has 0 aromatic heterocycles. The molecule has 4 aromatic carbocycles. The number of aromatic hydroxyl groups is 1. The Hall–Kier alpha value is -3.70. The molecule has 0 radical (unpaired) electrons. The lowest BCUT2D eigenvalue weighted by atomic mass is 10.0. The van der Waals surface area contributed by atoms with E-state index in [9.17, 15) is 22.9 Å². The molecular formula is C26H21Cl2N3O6S. The topological polar surface area (TPSA) is 138 Å². The first-order valence-corrected chi connectivity index (χ1v) is 13.4. The summed E-state index contributed by atoms with van der Waals surface area (Å²) in [5.74, 6) is -0.895. The minimum Gasteiger partial charge on any atom is -0.505 e. The van der Waals surface area contributed by atoms with Crippen molar-refractivity contribution in [3.63, 3.8) is 0 Å². The van der Waals surface area contributed by atoms with Gasteiger partial charge in [0.1, 0.15) is 27.7 Å². The molecule has 4 aromatic rings. The highest BCUT2D eigenvalue weighted by Gasteiger charge is 2.24. The van der Waals surface area contributed by atoms with Crippen molar-refractivity contribution in [3.05, 3.63) is 81.8 Å². The van der Waals surface area contributed by atoms with Gasteiger partial charge in [0.25, 0.3) is 16.0 Å². The largest absolute Gasteiger partial charge is 0.505 e. The summed E-state index contributed by atoms with van der Waals surface area (Å²) in [5, 5.41) is 23.0. The van der Waals surface area contributed by atoms with Crippen LogP contribution in [0.25, 0.3) is 10.8 Å². The van der Waals surface area contributed by atoms with Gasteiger partial charge in [-0.3, -0.25) is 9.35 Å². The van der Waals surface area contributed by atoms with Crippen LogP contribution in [0.4, 0.5) is 17.1 Å². The number of hydrogen-bond donors (Lipinski definition) is 3. The summed E-state index contributed by atoms with van der Waals surface area (Å²) in [4.78, 5) is 12.7. The molecule has 0 heterocycles. The number of halogens is 2. The van der Waals surface area contributed by atoms with Crippen LogP contribution in [0.1, 0.15) is 22.8 Å². The number of anilines is 1. The number of amides is 1. The molecule has 1 amide bonds. The van der Waals surface area contributed by atoms with Gasteiger partial charge < -0.3 is 15.2 Å². The molecule has 3 N–H and O–H groups in total. The van der Waals surface area contributed by atoms with Gasteiger partial charge in [0.05, 0.1) is 22.7 Å². The van der Waals surface area contributed by atoms with Crippen LogP contribution in [-0.4, -0.2) is 31.1 Å². The summed E-state index contributed by atoms with van der Waals surface area (Å²) < 4.78 is 39.2. The molecule has 0 bridgehead atoms. The zero-order chi connectivity index (χ0) is 27.6. The van der Waals surface area contributed by atoms with E-state index in [0.29, 0.717) is 28.5 Å². The van der Waals surface area contributed by atoms with E-state index >= 15 is 0 Å². The van der Waals surface area contributed by atoms with Crippen molar-refractivity contribution in [2.75, 3.05) is 12.4 Å². The normalized spacial score (nSPS) is 11.7. The lowest BCUT2D eigenvalue weighted by Gasteiger charge is -2.14. The molecule has 0 fully saturated rings. The molecule has 0 aliphatic carbocycles. The van der Waals surface area contributed by atoms with Gasteiger partial charge in [-0.15, -0.1) is 10.2 Å². The average Bonchev–Trinajstić information content (AvgIpc) is 2.88. The molecule has 12 heteroatoms. The Morgan fingerprint density at radius 3 is 2.39 bits per heavy atom. The second-order valence-electron chi connectivity index (χ2n) is 8.03. The van der Waals surface area contributed by atoms with Gasteiger partial charge in [0, 0.05) is 5.39 Å². The first kappa shape index (κ1) is 27.3. The molecule has 0 unspecified atom stereocenters. The van der Waals surface area contributed by atoms with Gasteiger partial charge in [-0.25, -0.2) is 0 Å². The maximum atomic E-state index is 13.3. The summed E-state index contributed by atoms with van der Waals surface area (Å²) in [6.07, 6.45) is 0.350. The number of nitrogens with one attached hydrogen (secondary N) is 1. The van der Waals surface area contributed by atoms with Crippen molar-refractivity contribution in [3.8, 4) is 11.5 Å². The second kappa shape index (κ2) is 11.0.